The summed E-state index contributed by atoms with van der Waals surface area (Å²) < 4.78 is 39.4. The SMILES string of the molecule is Cc1ccccc1NC(=O)c1cccc(NS(=O)(=O)c2ccc3c(c2)OCCCO3)c1. The van der Waals surface area contributed by atoms with Crippen LogP contribution in [0, 0.1) is 6.92 Å². The topological polar surface area (TPSA) is 93.7 Å². The van der Waals surface area contributed by atoms with Crippen LogP contribution in [0.4, 0.5) is 11.4 Å². The number of aryl methyl sites for hydroxylation is 1. The number of carbonyl (C=O) groups excluding carboxylic acids is 1. The summed E-state index contributed by atoms with van der Waals surface area (Å²) in [6.45, 7) is 2.88. The summed E-state index contributed by atoms with van der Waals surface area (Å²) in [5, 5.41) is 2.84. The van der Waals surface area contributed by atoms with Crippen molar-refractivity contribution in [3.05, 3.63) is 77.9 Å². The van der Waals surface area contributed by atoms with Gasteiger partial charge >= 0.3 is 0 Å². The number of rotatable bonds is 5. The van der Waals surface area contributed by atoms with Crippen molar-refractivity contribution in [3.63, 3.8) is 0 Å². The highest BCUT2D eigenvalue weighted by Crippen LogP contribution is 2.32. The van der Waals surface area contributed by atoms with Crippen LogP contribution in [0.5, 0.6) is 11.5 Å². The highest BCUT2D eigenvalue weighted by Gasteiger charge is 2.19. The van der Waals surface area contributed by atoms with Crippen LogP contribution in [0.15, 0.2) is 71.6 Å². The maximum Gasteiger partial charge on any atom is 0.262 e. The third-order valence-corrected chi connectivity index (χ3v) is 6.18. The lowest BCUT2D eigenvalue weighted by Crippen LogP contribution is -2.15. The summed E-state index contributed by atoms with van der Waals surface area (Å²) in [5.74, 6) is 0.587. The van der Waals surface area contributed by atoms with E-state index in [0.717, 1.165) is 12.0 Å². The average Bonchev–Trinajstić information content (AvgIpc) is 3.00. The molecule has 0 aromatic heterocycles. The van der Waals surface area contributed by atoms with Gasteiger partial charge in [-0.3, -0.25) is 9.52 Å². The molecule has 2 N–H and O–H groups in total. The van der Waals surface area contributed by atoms with Crippen molar-refractivity contribution in [2.24, 2.45) is 0 Å². The molecule has 0 unspecified atom stereocenters. The van der Waals surface area contributed by atoms with E-state index in [-0.39, 0.29) is 16.5 Å². The molecule has 0 radical (unpaired) electrons. The summed E-state index contributed by atoms with van der Waals surface area (Å²) >= 11 is 0. The lowest BCUT2D eigenvalue weighted by molar-refractivity contribution is 0.102. The molecular formula is C23H22N2O5S. The van der Waals surface area contributed by atoms with Crippen molar-refractivity contribution < 1.29 is 22.7 Å². The third-order valence-electron chi connectivity index (χ3n) is 4.80. The molecule has 0 bridgehead atoms. The predicted octanol–water partition coefficient (Wildman–Crippen LogP) is 4.21. The minimum absolute atomic E-state index is 0.0477. The molecule has 8 heteroatoms. The molecule has 1 aliphatic heterocycles. The first-order valence-electron chi connectivity index (χ1n) is 9.82. The fourth-order valence-corrected chi connectivity index (χ4v) is 4.22. The zero-order chi connectivity index (χ0) is 21.8. The second-order valence-electron chi connectivity index (χ2n) is 7.11. The molecule has 31 heavy (non-hydrogen) atoms. The molecule has 0 atom stereocenters. The largest absolute Gasteiger partial charge is 0.490 e. The smallest absolute Gasteiger partial charge is 0.262 e. The maximum atomic E-state index is 12.9. The Kier molecular flexibility index (Phi) is 5.81. The monoisotopic (exact) mass is 438 g/mol. The van der Waals surface area contributed by atoms with E-state index in [0.29, 0.717) is 36.0 Å². The lowest BCUT2D eigenvalue weighted by atomic mass is 10.1. The first kappa shape index (κ1) is 20.7. The molecule has 0 saturated heterocycles. The van der Waals surface area contributed by atoms with Gasteiger partial charge in [-0.15, -0.1) is 0 Å². The van der Waals surface area contributed by atoms with Gasteiger partial charge in [0, 0.05) is 29.4 Å². The maximum absolute atomic E-state index is 12.9. The van der Waals surface area contributed by atoms with Gasteiger partial charge in [0.1, 0.15) is 0 Å². The summed E-state index contributed by atoms with van der Waals surface area (Å²) in [4.78, 5) is 12.7. The molecule has 160 valence electrons. The lowest BCUT2D eigenvalue weighted by Gasteiger charge is -2.12. The van der Waals surface area contributed by atoms with Gasteiger partial charge in [-0.25, -0.2) is 8.42 Å². The van der Waals surface area contributed by atoms with Crippen LogP contribution in [0.3, 0.4) is 0 Å². The Labute approximate surface area is 181 Å². The van der Waals surface area contributed by atoms with Crippen LogP contribution in [0.1, 0.15) is 22.3 Å². The molecule has 0 saturated carbocycles. The highest BCUT2D eigenvalue weighted by molar-refractivity contribution is 7.92. The quantitative estimate of drug-likeness (QED) is 0.622. The molecule has 7 nitrogen and oxygen atoms in total. The van der Waals surface area contributed by atoms with Gasteiger partial charge in [-0.05, 0) is 48.9 Å². The van der Waals surface area contributed by atoms with Crippen molar-refractivity contribution in [3.8, 4) is 11.5 Å². The minimum Gasteiger partial charge on any atom is -0.490 e. The third kappa shape index (κ3) is 4.80. The number of sulfonamides is 1. The summed E-state index contributed by atoms with van der Waals surface area (Å²) in [7, 11) is -3.88. The Morgan fingerprint density at radius 1 is 0.903 bits per heavy atom. The molecule has 3 aromatic carbocycles. The van der Waals surface area contributed by atoms with Crippen molar-refractivity contribution in [2.45, 2.75) is 18.2 Å². The second kappa shape index (κ2) is 8.69. The van der Waals surface area contributed by atoms with Crippen LogP contribution in [-0.2, 0) is 10.0 Å². The van der Waals surface area contributed by atoms with Gasteiger partial charge in [0.25, 0.3) is 15.9 Å². The predicted molar refractivity (Wildman–Crippen MR) is 118 cm³/mol. The molecule has 0 aliphatic carbocycles. The summed E-state index contributed by atoms with van der Waals surface area (Å²) in [6, 6.07) is 18.3. The number of nitrogens with one attached hydrogen (secondary N) is 2. The Morgan fingerprint density at radius 3 is 2.48 bits per heavy atom. The van der Waals surface area contributed by atoms with Crippen LogP contribution >= 0.6 is 0 Å². The number of fused-ring (bicyclic) bond motifs is 1. The molecule has 0 fully saturated rings. The van der Waals surface area contributed by atoms with Crippen LogP contribution in [0.2, 0.25) is 0 Å². The van der Waals surface area contributed by atoms with E-state index in [4.69, 9.17) is 9.47 Å². The van der Waals surface area contributed by atoms with E-state index in [2.05, 4.69) is 10.0 Å². The van der Waals surface area contributed by atoms with E-state index >= 15 is 0 Å². The zero-order valence-corrected chi connectivity index (χ0v) is 17.7. The zero-order valence-electron chi connectivity index (χ0n) is 16.9. The minimum atomic E-state index is -3.88. The van der Waals surface area contributed by atoms with E-state index in [1.165, 1.54) is 18.2 Å². The molecule has 0 spiro atoms. The van der Waals surface area contributed by atoms with Gasteiger partial charge in [0.2, 0.25) is 0 Å². The second-order valence-corrected chi connectivity index (χ2v) is 8.80. The van der Waals surface area contributed by atoms with E-state index in [1.807, 2.05) is 31.2 Å². The Bertz CT molecular complexity index is 1220. The number of hydrogen-bond donors (Lipinski definition) is 2. The number of amides is 1. The molecule has 1 heterocycles. The number of para-hydroxylation sites is 1. The molecule has 4 rings (SSSR count). The fourth-order valence-electron chi connectivity index (χ4n) is 3.16. The van der Waals surface area contributed by atoms with Crippen LogP contribution in [-0.4, -0.2) is 27.5 Å². The van der Waals surface area contributed by atoms with E-state index in [1.54, 1.807) is 24.3 Å². The van der Waals surface area contributed by atoms with Crippen LogP contribution in [0.25, 0.3) is 0 Å². The summed E-state index contributed by atoms with van der Waals surface area (Å²) in [6.07, 6.45) is 0.729. The number of anilines is 2. The standard InChI is InChI=1S/C23H22N2O5S/c1-16-6-2-3-9-20(16)24-23(26)17-7-4-8-18(14-17)25-31(27,28)19-10-11-21-22(15-19)30-13-5-12-29-21/h2-4,6-11,14-15,25H,5,12-13H2,1H3,(H,24,26). The number of ether oxygens (including phenoxy) is 2. The molecular weight excluding hydrogens is 416 g/mol. The average molecular weight is 439 g/mol. The molecule has 1 amide bonds. The Hall–Kier alpha value is -3.52. The van der Waals surface area contributed by atoms with Gasteiger partial charge in [-0.1, -0.05) is 24.3 Å². The van der Waals surface area contributed by atoms with Gasteiger partial charge in [0.05, 0.1) is 18.1 Å². The van der Waals surface area contributed by atoms with Crippen LogP contribution < -0.4 is 19.5 Å². The van der Waals surface area contributed by atoms with E-state index < -0.39 is 10.0 Å². The van der Waals surface area contributed by atoms with Crippen molar-refractivity contribution >= 4 is 27.3 Å². The molecule has 1 aliphatic rings. The number of carbonyl (C=O) groups is 1. The first-order chi connectivity index (χ1) is 14.9. The van der Waals surface area contributed by atoms with Crippen molar-refractivity contribution in [1.29, 1.82) is 0 Å². The normalized spacial score (nSPS) is 13.2. The number of hydrogen-bond acceptors (Lipinski definition) is 5. The Balaban J connectivity index is 1.53. The Morgan fingerprint density at radius 2 is 1.68 bits per heavy atom. The van der Waals surface area contributed by atoms with Crippen molar-refractivity contribution in [2.75, 3.05) is 23.3 Å². The summed E-state index contributed by atoms with van der Waals surface area (Å²) in [5.41, 5.74) is 2.25. The first-order valence-corrected chi connectivity index (χ1v) is 11.3. The fraction of sp³-hybridized carbons (Fsp3) is 0.174. The number of benzene rings is 3. The van der Waals surface area contributed by atoms with E-state index in [9.17, 15) is 13.2 Å². The van der Waals surface area contributed by atoms with Gasteiger partial charge in [-0.2, -0.15) is 0 Å². The van der Waals surface area contributed by atoms with Crippen molar-refractivity contribution in [1.82, 2.24) is 0 Å². The van der Waals surface area contributed by atoms with Gasteiger partial charge in [0.15, 0.2) is 11.5 Å². The van der Waals surface area contributed by atoms with Gasteiger partial charge < -0.3 is 14.8 Å². The highest BCUT2D eigenvalue weighted by atomic mass is 32.2. The molecule has 3 aromatic rings.